The van der Waals surface area contributed by atoms with Crippen LogP contribution in [0.15, 0.2) is 49.1 Å². The van der Waals surface area contributed by atoms with Crippen LogP contribution in [0.1, 0.15) is 35.6 Å². The van der Waals surface area contributed by atoms with Gasteiger partial charge >= 0.3 is 0 Å². The van der Waals surface area contributed by atoms with Gasteiger partial charge in [0.15, 0.2) is 0 Å². The van der Waals surface area contributed by atoms with Crippen LogP contribution in [0.3, 0.4) is 0 Å². The van der Waals surface area contributed by atoms with E-state index in [9.17, 15) is 9.18 Å². The van der Waals surface area contributed by atoms with Crippen molar-refractivity contribution < 1.29 is 9.18 Å². The fourth-order valence-electron chi connectivity index (χ4n) is 2.87. The lowest BCUT2D eigenvalue weighted by Crippen LogP contribution is -2.36. The minimum Gasteiger partial charge on any atom is -0.340 e. The molecule has 28 heavy (non-hydrogen) atoms. The van der Waals surface area contributed by atoms with Crippen LogP contribution in [0.4, 0.5) is 4.39 Å². The van der Waals surface area contributed by atoms with E-state index in [1.54, 1.807) is 53.3 Å². The molecule has 1 aromatic carbocycles. The highest BCUT2D eigenvalue weighted by Gasteiger charge is 2.21. The van der Waals surface area contributed by atoms with Gasteiger partial charge in [-0.3, -0.25) is 4.79 Å². The molecule has 0 aliphatic carbocycles. The number of carbonyl (C=O) groups excluding carboxylic acids is 1. The van der Waals surface area contributed by atoms with E-state index in [0.717, 1.165) is 5.56 Å². The molecule has 0 aliphatic heterocycles. The molecule has 3 aromatic rings. The predicted molar refractivity (Wildman–Crippen MR) is 103 cm³/mol. The Hall–Kier alpha value is -3.53. The average Bonchev–Trinajstić information content (AvgIpc) is 3.13. The van der Waals surface area contributed by atoms with E-state index in [1.807, 2.05) is 19.9 Å². The summed E-state index contributed by atoms with van der Waals surface area (Å²) in [5.41, 5.74) is 2.38. The van der Waals surface area contributed by atoms with Crippen molar-refractivity contribution in [2.45, 2.75) is 26.4 Å². The number of carbonyl (C=O) groups is 1. The first-order valence-electron chi connectivity index (χ1n) is 8.83. The SMILES string of the molecule is CC(C)N(Cc1ccc(F)c(-c2ccc(C#N)nc2)c1)C(=O)c1cn(C)cn1. The average molecular weight is 377 g/mol. The first-order chi connectivity index (χ1) is 13.4. The molecule has 0 radical (unpaired) electrons. The third-order valence-electron chi connectivity index (χ3n) is 4.38. The predicted octanol–water partition coefficient (Wildman–Crippen LogP) is 3.54. The Kier molecular flexibility index (Phi) is 5.50. The van der Waals surface area contributed by atoms with Gasteiger partial charge in [0, 0.05) is 43.2 Å². The monoisotopic (exact) mass is 377 g/mol. The maximum atomic E-state index is 14.4. The zero-order valence-electron chi connectivity index (χ0n) is 15.9. The molecule has 6 nitrogen and oxygen atoms in total. The van der Waals surface area contributed by atoms with Crippen LogP contribution < -0.4 is 0 Å². The molecule has 0 fully saturated rings. The Labute approximate surface area is 162 Å². The molecule has 2 heterocycles. The molecule has 7 heteroatoms. The Morgan fingerprint density at radius 3 is 2.64 bits per heavy atom. The van der Waals surface area contributed by atoms with Crippen LogP contribution in [0, 0.1) is 17.1 Å². The third-order valence-corrected chi connectivity index (χ3v) is 4.38. The van der Waals surface area contributed by atoms with Gasteiger partial charge in [0.2, 0.25) is 0 Å². The highest BCUT2D eigenvalue weighted by molar-refractivity contribution is 5.92. The number of benzene rings is 1. The summed E-state index contributed by atoms with van der Waals surface area (Å²) in [4.78, 5) is 22.7. The quantitative estimate of drug-likeness (QED) is 0.682. The van der Waals surface area contributed by atoms with E-state index in [0.29, 0.717) is 23.4 Å². The van der Waals surface area contributed by atoms with Crippen LogP contribution >= 0.6 is 0 Å². The molecule has 0 N–H and O–H groups in total. The summed E-state index contributed by atoms with van der Waals surface area (Å²) in [6, 6.07) is 9.85. The summed E-state index contributed by atoms with van der Waals surface area (Å²) in [7, 11) is 1.81. The Morgan fingerprint density at radius 2 is 2.07 bits per heavy atom. The summed E-state index contributed by atoms with van der Waals surface area (Å²) in [5.74, 6) is -0.566. The van der Waals surface area contributed by atoms with Gasteiger partial charge in [-0.05, 0) is 43.7 Å². The molecule has 0 spiro atoms. The zero-order chi connectivity index (χ0) is 20.3. The lowest BCUT2D eigenvalue weighted by Gasteiger charge is -2.26. The molecule has 0 saturated heterocycles. The van der Waals surface area contributed by atoms with E-state index in [1.165, 1.54) is 12.3 Å². The molecule has 1 amide bonds. The Morgan fingerprint density at radius 1 is 1.29 bits per heavy atom. The minimum absolute atomic E-state index is 0.0559. The van der Waals surface area contributed by atoms with Gasteiger partial charge in [-0.2, -0.15) is 5.26 Å². The lowest BCUT2D eigenvalue weighted by molar-refractivity contribution is 0.0684. The topological polar surface area (TPSA) is 74.8 Å². The number of nitriles is 1. The van der Waals surface area contributed by atoms with Crippen LogP contribution in [0.2, 0.25) is 0 Å². The minimum atomic E-state index is -0.387. The van der Waals surface area contributed by atoms with E-state index in [-0.39, 0.29) is 23.5 Å². The number of pyridine rings is 1. The van der Waals surface area contributed by atoms with Crippen molar-refractivity contribution in [2.24, 2.45) is 7.05 Å². The van der Waals surface area contributed by atoms with Crippen molar-refractivity contribution in [2.75, 3.05) is 0 Å². The van der Waals surface area contributed by atoms with Gasteiger partial charge in [0.1, 0.15) is 23.3 Å². The van der Waals surface area contributed by atoms with Crippen molar-refractivity contribution in [1.29, 1.82) is 5.26 Å². The largest absolute Gasteiger partial charge is 0.340 e. The zero-order valence-corrected chi connectivity index (χ0v) is 15.9. The Balaban J connectivity index is 1.90. The molecule has 2 aromatic heterocycles. The molecular weight excluding hydrogens is 357 g/mol. The van der Waals surface area contributed by atoms with E-state index in [2.05, 4.69) is 9.97 Å². The highest BCUT2D eigenvalue weighted by Crippen LogP contribution is 2.25. The Bertz CT molecular complexity index is 1030. The first kappa shape index (κ1) is 19.2. The molecule has 0 bridgehead atoms. The van der Waals surface area contributed by atoms with Crippen molar-refractivity contribution in [3.8, 4) is 17.2 Å². The highest BCUT2D eigenvalue weighted by atomic mass is 19.1. The van der Waals surface area contributed by atoms with E-state index < -0.39 is 0 Å². The molecule has 0 aliphatic rings. The van der Waals surface area contributed by atoms with Gasteiger partial charge in [0.25, 0.3) is 5.91 Å². The number of aromatic nitrogens is 3. The molecule has 3 rings (SSSR count). The van der Waals surface area contributed by atoms with Crippen LogP contribution in [-0.2, 0) is 13.6 Å². The van der Waals surface area contributed by atoms with Crippen molar-refractivity contribution in [3.63, 3.8) is 0 Å². The van der Waals surface area contributed by atoms with E-state index >= 15 is 0 Å². The number of rotatable bonds is 5. The number of nitrogens with zero attached hydrogens (tertiary/aromatic N) is 5. The molecule has 0 atom stereocenters. The van der Waals surface area contributed by atoms with Gasteiger partial charge in [-0.1, -0.05) is 6.07 Å². The summed E-state index contributed by atoms with van der Waals surface area (Å²) in [6.45, 7) is 4.18. The second-order valence-electron chi connectivity index (χ2n) is 6.81. The standard InChI is InChI=1S/C21H20FN5O/c1-14(2)27(21(28)20-12-26(3)13-25-20)11-15-4-7-19(22)18(8-15)16-5-6-17(9-23)24-10-16/h4-8,10,12-14H,11H2,1-3H3. The number of aryl methyl sites for hydroxylation is 1. The van der Waals surface area contributed by atoms with Crippen LogP contribution in [0.5, 0.6) is 0 Å². The molecule has 0 unspecified atom stereocenters. The smallest absolute Gasteiger partial charge is 0.274 e. The summed E-state index contributed by atoms with van der Waals surface area (Å²) in [6.07, 6.45) is 4.73. The fourth-order valence-corrected chi connectivity index (χ4v) is 2.87. The maximum Gasteiger partial charge on any atom is 0.274 e. The van der Waals surface area contributed by atoms with Gasteiger partial charge < -0.3 is 9.47 Å². The second-order valence-corrected chi connectivity index (χ2v) is 6.81. The number of amides is 1. The fraction of sp³-hybridized carbons (Fsp3) is 0.238. The summed E-state index contributed by atoms with van der Waals surface area (Å²) < 4.78 is 16.1. The molecular formula is C21H20FN5O. The van der Waals surface area contributed by atoms with Gasteiger partial charge in [0.05, 0.1) is 6.33 Å². The van der Waals surface area contributed by atoms with Gasteiger partial charge in [-0.15, -0.1) is 0 Å². The van der Waals surface area contributed by atoms with Crippen LogP contribution in [-0.4, -0.2) is 31.4 Å². The number of hydrogen-bond acceptors (Lipinski definition) is 4. The summed E-state index contributed by atoms with van der Waals surface area (Å²) in [5, 5.41) is 8.87. The first-order valence-corrected chi connectivity index (χ1v) is 8.83. The van der Waals surface area contributed by atoms with Gasteiger partial charge in [-0.25, -0.2) is 14.4 Å². The third kappa shape index (κ3) is 4.07. The normalized spacial score (nSPS) is 10.7. The van der Waals surface area contributed by atoms with Crippen LogP contribution in [0.25, 0.3) is 11.1 Å². The van der Waals surface area contributed by atoms with Crippen molar-refractivity contribution in [1.82, 2.24) is 19.4 Å². The number of halogens is 1. The second kappa shape index (κ2) is 8.01. The maximum absolute atomic E-state index is 14.4. The van der Waals surface area contributed by atoms with Crippen molar-refractivity contribution >= 4 is 5.91 Å². The van der Waals surface area contributed by atoms with E-state index in [4.69, 9.17) is 5.26 Å². The number of hydrogen-bond donors (Lipinski definition) is 0. The number of imidazole rings is 1. The molecule has 0 saturated carbocycles. The lowest BCUT2D eigenvalue weighted by atomic mass is 10.0. The van der Waals surface area contributed by atoms with Crippen molar-refractivity contribution in [3.05, 3.63) is 71.8 Å². The molecule has 142 valence electrons. The summed E-state index contributed by atoms with van der Waals surface area (Å²) >= 11 is 0.